The maximum absolute atomic E-state index is 4.62. The molecule has 0 atom stereocenters. The first kappa shape index (κ1) is 82.0. The van der Waals surface area contributed by atoms with Crippen LogP contribution in [-0.4, -0.2) is 15.0 Å². The third-order valence-electron chi connectivity index (χ3n) is 23.0. The number of nitrogens with zero attached hydrogens (tertiary/aromatic N) is 3. The van der Waals surface area contributed by atoms with Gasteiger partial charge in [0.25, 0.3) is 0 Å². The van der Waals surface area contributed by atoms with Gasteiger partial charge >= 0.3 is 0 Å². The van der Waals surface area contributed by atoms with Crippen molar-refractivity contribution in [3.8, 4) is 201 Å². The van der Waals surface area contributed by atoms with Crippen LogP contribution in [0.2, 0.25) is 0 Å². The maximum atomic E-state index is 4.62. The molecule has 3 nitrogen and oxygen atoms in total. The van der Waals surface area contributed by atoms with Crippen LogP contribution in [0, 0.1) is 18.2 Å². The molecule has 3 heterocycles. The van der Waals surface area contributed by atoms with Crippen molar-refractivity contribution in [2.75, 3.05) is 0 Å². The number of hydrogen-bond acceptors (Lipinski definition) is 3. The second-order valence-electron chi connectivity index (χ2n) is 30.8. The Morgan fingerprint density at radius 1 is 0.134 bits per heavy atom. The molecule has 0 spiro atoms. The van der Waals surface area contributed by atoms with Crippen molar-refractivity contribution >= 4 is 0 Å². The molecule has 603 valence electrons. The smallest absolute Gasteiger partial charge is 0.0160 e. The van der Waals surface area contributed by atoms with E-state index >= 15 is 0 Å². The second kappa shape index (κ2) is 39.5. The minimum Gasteiger partial charge on any atom is -0.305 e. The maximum Gasteiger partial charge on any atom is 0.0160 e. The minimum absolute atomic E-state index is 0. The van der Waals surface area contributed by atoms with Crippen LogP contribution < -0.4 is 0 Å². The number of aromatic nitrogens is 3. The van der Waals surface area contributed by atoms with Gasteiger partial charge in [0, 0.05) is 38.7 Å². The summed E-state index contributed by atoms with van der Waals surface area (Å²) in [6.07, 6.45) is 5.50. The summed E-state index contributed by atoms with van der Waals surface area (Å²) in [6, 6.07) is 184. The Morgan fingerprint density at radius 2 is 0.291 bits per heavy atom. The second-order valence-corrected chi connectivity index (χ2v) is 30.8. The molecule has 1 radical (unpaired) electrons. The van der Waals surface area contributed by atoms with E-state index < -0.39 is 0 Å². The molecule has 0 bridgehead atoms. The summed E-state index contributed by atoms with van der Waals surface area (Å²) in [5.74, 6) is 0. The number of rotatable bonds is 18. The average molecular weight is 1800 g/mol. The van der Waals surface area contributed by atoms with Gasteiger partial charge in [0.15, 0.2) is 0 Å². The first-order chi connectivity index (χ1) is 62.6. The third-order valence-corrected chi connectivity index (χ3v) is 23.0. The third kappa shape index (κ3) is 18.2. The topological polar surface area (TPSA) is 38.7 Å². The normalized spacial score (nSPS) is 10.8. The molecule has 21 rings (SSSR count). The fourth-order valence-corrected chi connectivity index (χ4v) is 17.3. The van der Waals surface area contributed by atoms with E-state index in [0.29, 0.717) is 0 Å². The molecule has 0 aliphatic heterocycles. The van der Waals surface area contributed by atoms with Gasteiger partial charge in [-0.2, -0.15) is 0 Å². The summed E-state index contributed by atoms with van der Waals surface area (Å²) in [5.41, 5.74) is 41.3. The van der Waals surface area contributed by atoms with Crippen LogP contribution in [0.15, 0.2) is 510 Å². The first-order valence-corrected chi connectivity index (χ1v) is 42.7. The summed E-state index contributed by atoms with van der Waals surface area (Å²) in [6.45, 7) is 0. The van der Waals surface area contributed by atoms with Gasteiger partial charge in [0.2, 0.25) is 0 Å². The van der Waals surface area contributed by atoms with E-state index in [1.54, 1.807) is 0 Å². The van der Waals surface area contributed by atoms with Crippen LogP contribution in [0.4, 0.5) is 0 Å². The Hall–Kier alpha value is -15.9. The van der Waals surface area contributed by atoms with E-state index in [9.17, 15) is 0 Å². The SMILES string of the molecule is [Ir].[c-]1ccc(-c2cc(-c3ccccc3)c(-c3ccccc3)c(-c3ccccc3)c2-c2ccccc2)cc1-c1ccccn1.[c-]1ccc(-c2cc(-c3ccccc3)c(-c3ccccc3)c(-c3ccccc3)c2-c2ccccc2)cc1-c1ccccn1.[c-]1ccc(-c2cc(-c3ccccc3)c(-c3ccccc3)c(-c3ccccc3)c2-c2ccccc2)cc1-c1ccccn1. The minimum atomic E-state index is 0. The zero-order valence-electron chi connectivity index (χ0n) is 69.7. The zero-order valence-corrected chi connectivity index (χ0v) is 72.1. The Balaban J connectivity index is 0.000000128. The molecule has 18 aromatic carbocycles. The van der Waals surface area contributed by atoms with Gasteiger partial charge in [-0.1, -0.05) is 400 Å². The monoisotopic (exact) mass is 1800 g/mol. The van der Waals surface area contributed by atoms with Crippen LogP contribution in [0.5, 0.6) is 0 Å². The van der Waals surface area contributed by atoms with Crippen LogP contribution in [0.1, 0.15) is 0 Å². The molecule has 0 saturated heterocycles. The predicted octanol–water partition coefficient (Wildman–Crippen LogP) is 32.6. The van der Waals surface area contributed by atoms with Crippen LogP contribution in [-0.2, 0) is 20.1 Å². The fraction of sp³-hybridized carbons (Fsp3) is 0. The van der Waals surface area contributed by atoms with E-state index in [1.807, 2.05) is 91.4 Å². The van der Waals surface area contributed by atoms with Crippen molar-refractivity contribution in [2.45, 2.75) is 0 Å². The molecule has 127 heavy (non-hydrogen) atoms. The van der Waals surface area contributed by atoms with E-state index in [0.717, 1.165) is 50.5 Å². The van der Waals surface area contributed by atoms with Crippen molar-refractivity contribution in [1.29, 1.82) is 0 Å². The molecular weight excluding hydrogens is 1710 g/mol. The average Bonchev–Trinajstić information content (AvgIpc) is 0.745. The van der Waals surface area contributed by atoms with E-state index in [-0.39, 0.29) is 20.1 Å². The van der Waals surface area contributed by atoms with Crippen molar-refractivity contribution in [2.24, 2.45) is 0 Å². The molecule has 21 aromatic rings. The molecule has 0 fully saturated rings. The van der Waals surface area contributed by atoms with Crippen LogP contribution in [0.3, 0.4) is 0 Å². The summed E-state index contributed by atoms with van der Waals surface area (Å²) in [5, 5.41) is 0. The molecule has 0 aliphatic carbocycles. The van der Waals surface area contributed by atoms with E-state index in [1.165, 1.54) is 150 Å². The molecule has 0 N–H and O–H groups in total. The molecule has 0 aliphatic rings. The van der Waals surface area contributed by atoms with Crippen molar-refractivity contribution < 1.29 is 20.1 Å². The van der Waals surface area contributed by atoms with Crippen LogP contribution >= 0.6 is 0 Å². The van der Waals surface area contributed by atoms with E-state index in [2.05, 4.69) is 452 Å². The molecule has 0 saturated carbocycles. The summed E-state index contributed by atoms with van der Waals surface area (Å²) >= 11 is 0. The summed E-state index contributed by atoms with van der Waals surface area (Å²) in [7, 11) is 0. The van der Waals surface area contributed by atoms with Gasteiger partial charge < -0.3 is 15.0 Å². The Labute approximate surface area is 758 Å². The van der Waals surface area contributed by atoms with E-state index in [4.69, 9.17) is 0 Å². The Kier molecular flexibility index (Phi) is 25.5. The Bertz CT molecular complexity index is 6490. The number of pyridine rings is 3. The molecule has 0 unspecified atom stereocenters. The van der Waals surface area contributed by atoms with Crippen molar-refractivity contribution in [3.05, 3.63) is 528 Å². The molecule has 3 aromatic heterocycles. The predicted molar refractivity (Wildman–Crippen MR) is 527 cm³/mol. The van der Waals surface area contributed by atoms with Gasteiger partial charge in [0.05, 0.1) is 0 Å². The quantitative estimate of drug-likeness (QED) is 0.0804. The largest absolute Gasteiger partial charge is 0.305 e. The first-order valence-electron chi connectivity index (χ1n) is 42.7. The molecule has 0 amide bonds. The summed E-state index contributed by atoms with van der Waals surface area (Å²) < 4.78 is 0. The van der Waals surface area contributed by atoms with Gasteiger partial charge in [-0.15, -0.1) is 106 Å². The number of hydrogen-bond donors (Lipinski definition) is 0. The molecule has 4 heteroatoms. The van der Waals surface area contributed by atoms with Crippen molar-refractivity contribution in [3.63, 3.8) is 0 Å². The summed E-state index contributed by atoms with van der Waals surface area (Å²) in [4.78, 5) is 13.9. The van der Waals surface area contributed by atoms with Gasteiger partial charge in [-0.3, -0.25) is 0 Å². The Morgan fingerprint density at radius 3 is 0.465 bits per heavy atom. The van der Waals surface area contributed by atoms with Gasteiger partial charge in [-0.25, -0.2) is 0 Å². The standard InChI is InChI=1S/3C41H28N.Ir/c3*1-5-16-30(17-6-1)36-29-37(34-24-15-25-35(28-34)38-26-13-14-27-42-38)40(32-20-9-3-10-21-32)41(33-22-11-4-12-23-33)39(36)31-18-7-2-8-19-31;/h3*1-24,26-29H;/q3*-1;. The van der Waals surface area contributed by atoms with Crippen molar-refractivity contribution in [1.82, 2.24) is 15.0 Å². The van der Waals surface area contributed by atoms with Gasteiger partial charge in [-0.05, 0) is 204 Å². The van der Waals surface area contributed by atoms with Gasteiger partial charge in [0.1, 0.15) is 0 Å². The fourth-order valence-electron chi connectivity index (χ4n) is 17.3. The molecular formula is C123H84IrN3-3. The van der Waals surface area contributed by atoms with Crippen LogP contribution in [0.25, 0.3) is 201 Å². The number of benzene rings is 18. The zero-order chi connectivity index (χ0) is 84.4.